The minimum absolute atomic E-state index is 0. The van der Waals surface area contributed by atoms with Crippen LogP contribution >= 0.6 is 0 Å². The summed E-state index contributed by atoms with van der Waals surface area (Å²) in [7, 11) is 1.75. The normalized spacial score (nSPS) is 15.6. The highest BCUT2D eigenvalue weighted by atomic mass is 19.3. The monoisotopic (exact) mass is 539 g/mol. The number of carbonyl (C=O) groups is 2. The smallest absolute Gasteiger partial charge is 0.395 e. The molecule has 9 heteroatoms. The van der Waals surface area contributed by atoms with Crippen molar-refractivity contribution in [3.05, 3.63) is 71.4 Å². The fourth-order valence-electron chi connectivity index (χ4n) is 4.34. The van der Waals surface area contributed by atoms with E-state index in [0.717, 1.165) is 16.7 Å². The van der Waals surface area contributed by atoms with Gasteiger partial charge in [-0.1, -0.05) is 38.5 Å². The molecule has 0 bridgehead atoms. The summed E-state index contributed by atoms with van der Waals surface area (Å²) in [6.45, 7) is 8.67. The molecule has 208 valence electrons. The fourth-order valence-corrected chi connectivity index (χ4v) is 4.34. The molecule has 0 unspecified atom stereocenters. The molecule has 2 amide bonds. The number of halogens is 2. The maximum absolute atomic E-state index is 13.4. The lowest BCUT2D eigenvalue weighted by molar-refractivity contribution is -0.286. The second kappa shape index (κ2) is 11.0. The van der Waals surface area contributed by atoms with Crippen molar-refractivity contribution in [3.8, 4) is 22.6 Å². The average Bonchev–Trinajstić information content (AvgIpc) is 3.66. The van der Waals surface area contributed by atoms with E-state index in [1.54, 1.807) is 36.3 Å². The van der Waals surface area contributed by atoms with Crippen LogP contribution < -0.4 is 14.8 Å². The van der Waals surface area contributed by atoms with Crippen molar-refractivity contribution in [2.75, 3.05) is 18.9 Å². The second-order valence-electron chi connectivity index (χ2n) is 9.86. The number of anilines is 1. The maximum atomic E-state index is 13.4. The Hall–Kier alpha value is -4.01. The van der Waals surface area contributed by atoms with Crippen LogP contribution in [0.2, 0.25) is 0 Å². The van der Waals surface area contributed by atoms with Gasteiger partial charge in [-0.3, -0.25) is 9.59 Å². The molecule has 7 nitrogen and oxygen atoms in total. The molecule has 0 spiro atoms. The zero-order valence-electron chi connectivity index (χ0n) is 22.8. The van der Waals surface area contributed by atoms with Crippen molar-refractivity contribution in [3.63, 3.8) is 0 Å². The zero-order valence-corrected chi connectivity index (χ0v) is 22.8. The molecule has 3 aromatic rings. The van der Waals surface area contributed by atoms with Gasteiger partial charge in [-0.15, -0.1) is 8.78 Å². The highest BCUT2D eigenvalue weighted by molar-refractivity contribution is 6.01. The van der Waals surface area contributed by atoms with Gasteiger partial charge >= 0.3 is 6.29 Å². The Morgan fingerprint density at radius 3 is 2.41 bits per heavy atom. The van der Waals surface area contributed by atoms with E-state index >= 15 is 0 Å². The molecule has 2 heterocycles. The lowest BCUT2D eigenvalue weighted by Gasteiger charge is -2.17. The number of aromatic nitrogens is 1. The highest BCUT2D eigenvalue weighted by Crippen LogP contribution is 2.52. The third kappa shape index (κ3) is 5.87. The number of rotatable bonds is 6. The topological polar surface area (TPSA) is 80.8 Å². The van der Waals surface area contributed by atoms with E-state index < -0.39 is 11.7 Å². The number of hydrogen-bond acceptors (Lipinski definition) is 5. The summed E-state index contributed by atoms with van der Waals surface area (Å²) in [6, 6.07) is 13.5. The number of aryl methyl sites for hydroxylation is 1. The van der Waals surface area contributed by atoms with Gasteiger partial charge in [0.15, 0.2) is 11.5 Å². The van der Waals surface area contributed by atoms with Crippen molar-refractivity contribution < 1.29 is 29.3 Å². The number of fused-ring (bicyclic) bond motifs is 1. The summed E-state index contributed by atoms with van der Waals surface area (Å²) in [5.74, 6) is -0.131. The van der Waals surface area contributed by atoms with Gasteiger partial charge in [0.1, 0.15) is 5.82 Å². The Balaban J connectivity index is 0.00000106. The van der Waals surface area contributed by atoms with Crippen LogP contribution in [0.3, 0.4) is 0 Å². The lowest BCUT2D eigenvalue weighted by Crippen LogP contribution is -2.28. The van der Waals surface area contributed by atoms with Crippen LogP contribution in [-0.2, 0) is 10.2 Å². The van der Waals surface area contributed by atoms with Crippen molar-refractivity contribution in [2.45, 2.75) is 58.7 Å². The first-order valence-corrected chi connectivity index (χ1v) is 13.1. The van der Waals surface area contributed by atoms with E-state index in [1.807, 2.05) is 32.0 Å². The number of carbonyl (C=O) groups excluding carboxylic acids is 2. The molecule has 1 saturated carbocycles. The SMILES string of the molecule is CCC.CCN(C)C(=O)c1cccc(-c2cc(NC(=O)C3(c4ccc5c(c4)OC(F)(F)O5)CC3)ncc2C)c1.[HH]. The molecular weight excluding hydrogens is 504 g/mol. The van der Waals surface area contributed by atoms with Crippen molar-refractivity contribution in [1.29, 1.82) is 0 Å². The highest BCUT2D eigenvalue weighted by Gasteiger charge is 2.53. The molecule has 0 saturated heterocycles. The van der Waals surface area contributed by atoms with Crippen LogP contribution in [0.4, 0.5) is 14.6 Å². The molecule has 1 fully saturated rings. The van der Waals surface area contributed by atoms with Gasteiger partial charge in [0, 0.05) is 26.8 Å². The quantitative estimate of drug-likeness (QED) is 0.373. The van der Waals surface area contributed by atoms with Crippen LogP contribution in [-0.4, -0.2) is 41.6 Å². The predicted octanol–water partition coefficient (Wildman–Crippen LogP) is 6.80. The Bertz CT molecular complexity index is 1400. The first kappa shape index (κ1) is 28.0. The molecule has 1 aliphatic heterocycles. The summed E-state index contributed by atoms with van der Waals surface area (Å²) in [4.78, 5) is 31.9. The van der Waals surface area contributed by atoms with Crippen LogP contribution in [0.5, 0.6) is 11.5 Å². The minimum Gasteiger partial charge on any atom is -0.395 e. The number of hydrogen-bond donors (Lipinski definition) is 1. The number of benzene rings is 2. The largest absolute Gasteiger partial charge is 0.586 e. The number of nitrogens with zero attached hydrogens (tertiary/aromatic N) is 2. The van der Waals surface area contributed by atoms with Gasteiger partial charge in [0.25, 0.3) is 5.91 Å². The number of pyridine rings is 1. The Labute approximate surface area is 228 Å². The van der Waals surface area contributed by atoms with Gasteiger partial charge in [-0.2, -0.15) is 0 Å². The first-order valence-electron chi connectivity index (χ1n) is 13.1. The standard InChI is InChI=1S/C27H25F2N3O4.C3H8.H2/c1-4-32(3)24(33)18-7-5-6-17(12-18)20-14-23(30-15-16(20)2)31-25(34)26(10-11-26)19-8-9-21-22(13-19)36-27(28,29)35-21;1-3-2;/h5-9,12-15H,4,10-11H2,1-3H3,(H,30,31,34);3H2,1-2H3;1H. The summed E-state index contributed by atoms with van der Waals surface area (Å²) in [5, 5.41) is 2.88. The Morgan fingerprint density at radius 1 is 1.05 bits per heavy atom. The van der Waals surface area contributed by atoms with Crippen LogP contribution in [0.1, 0.15) is 62.9 Å². The van der Waals surface area contributed by atoms with E-state index in [0.29, 0.717) is 36.3 Å². The predicted molar refractivity (Wildman–Crippen MR) is 147 cm³/mol. The van der Waals surface area contributed by atoms with Gasteiger partial charge in [0.2, 0.25) is 5.91 Å². The van der Waals surface area contributed by atoms with E-state index in [1.165, 1.54) is 18.6 Å². The van der Waals surface area contributed by atoms with Crippen LogP contribution in [0.25, 0.3) is 11.1 Å². The zero-order chi connectivity index (χ0) is 28.4. The average molecular weight is 540 g/mol. The van der Waals surface area contributed by atoms with E-state index in [9.17, 15) is 18.4 Å². The number of alkyl halides is 2. The molecule has 39 heavy (non-hydrogen) atoms. The second-order valence-corrected chi connectivity index (χ2v) is 9.86. The van der Waals surface area contributed by atoms with E-state index in [-0.39, 0.29) is 24.7 Å². The Kier molecular flexibility index (Phi) is 7.90. The van der Waals surface area contributed by atoms with Gasteiger partial charge < -0.3 is 19.7 Å². The minimum atomic E-state index is -3.71. The first-order chi connectivity index (χ1) is 18.5. The third-order valence-electron chi connectivity index (χ3n) is 6.72. The van der Waals surface area contributed by atoms with E-state index in [2.05, 4.69) is 33.6 Å². The third-order valence-corrected chi connectivity index (χ3v) is 6.72. The molecule has 2 aliphatic rings. The van der Waals surface area contributed by atoms with Gasteiger partial charge in [-0.05, 0) is 79.3 Å². The molecule has 5 rings (SSSR count). The summed E-state index contributed by atoms with van der Waals surface area (Å²) in [6.07, 6.45) is 0.348. The molecule has 1 N–H and O–H groups in total. The van der Waals surface area contributed by atoms with Crippen molar-refractivity contribution in [1.82, 2.24) is 9.88 Å². The van der Waals surface area contributed by atoms with Gasteiger partial charge in [0.05, 0.1) is 5.41 Å². The molecular formula is C30H35F2N3O4. The fraction of sp³-hybridized carbons (Fsp3) is 0.367. The van der Waals surface area contributed by atoms with E-state index in [4.69, 9.17) is 0 Å². The Morgan fingerprint density at radius 2 is 1.74 bits per heavy atom. The van der Waals surface area contributed by atoms with Crippen LogP contribution in [0, 0.1) is 6.92 Å². The molecule has 1 aliphatic carbocycles. The summed E-state index contributed by atoms with van der Waals surface area (Å²) < 4.78 is 35.8. The number of amides is 2. The lowest BCUT2D eigenvalue weighted by atomic mass is 9.94. The molecule has 0 atom stereocenters. The molecule has 1 aromatic heterocycles. The van der Waals surface area contributed by atoms with Gasteiger partial charge in [-0.25, -0.2) is 4.98 Å². The number of nitrogens with one attached hydrogen (secondary N) is 1. The van der Waals surface area contributed by atoms with Crippen molar-refractivity contribution >= 4 is 17.6 Å². The number of ether oxygens (including phenoxy) is 2. The van der Waals surface area contributed by atoms with Crippen molar-refractivity contribution in [2.24, 2.45) is 0 Å². The summed E-state index contributed by atoms with van der Waals surface area (Å²) in [5.41, 5.74) is 2.87. The summed E-state index contributed by atoms with van der Waals surface area (Å²) >= 11 is 0. The van der Waals surface area contributed by atoms with Crippen LogP contribution in [0.15, 0.2) is 54.7 Å². The molecule has 2 aromatic carbocycles. The molecule has 0 radical (unpaired) electrons. The maximum Gasteiger partial charge on any atom is 0.586 e.